The summed E-state index contributed by atoms with van der Waals surface area (Å²) in [6, 6.07) is 5.46. The Hall–Kier alpha value is -3.13. The van der Waals surface area contributed by atoms with Crippen LogP contribution in [0.3, 0.4) is 0 Å². The molecular weight excluding hydrogens is 508 g/mol. The molecule has 2 atom stereocenters. The number of carbonyl (C=O) groups is 1. The van der Waals surface area contributed by atoms with Gasteiger partial charge in [-0.2, -0.15) is 0 Å². The van der Waals surface area contributed by atoms with Gasteiger partial charge in [0.15, 0.2) is 0 Å². The molecule has 1 unspecified atom stereocenters. The number of hydrogen-bond donors (Lipinski definition) is 2. The van der Waals surface area contributed by atoms with E-state index in [0.717, 1.165) is 31.5 Å². The molecule has 1 aromatic carbocycles. The molecule has 1 amide bonds. The lowest BCUT2D eigenvalue weighted by atomic mass is 9.82. The molecule has 1 aliphatic rings. The van der Waals surface area contributed by atoms with E-state index in [-0.39, 0.29) is 50.7 Å². The molecule has 6 nitrogen and oxygen atoms in total. The number of nitrogens with one attached hydrogen (secondary N) is 2. The molecule has 1 fully saturated rings. The molecular formula is C32H51F2N5O. The fourth-order valence-corrected chi connectivity index (χ4v) is 4.28. The first-order chi connectivity index (χ1) is 19.1. The van der Waals surface area contributed by atoms with Gasteiger partial charge in [-0.15, -0.1) is 0 Å². The maximum Gasteiger partial charge on any atom is 0.228 e. The quantitative estimate of drug-likeness (QED) is 0.260. The fraction of sp³-hybridized carbons (Fsp3) is 0.531. The van der Waals surface area contributed by atoms with Gasteiger partial charge in [0.05, 0.1) is 17.8 Å². The first-order valence-corrected chi connectivity index (χ1v) is 14.5. The number of hydrogen-bond acceptors (Lipinski definition) is 5. The highest BCUT2D eigenvalue weighted by atomic mass is 19.1. The van der Waals surface area contributed by atoms with Gasteiger partial charge in [-0.25, -0.2) is 8.78 Å². The smallest absolute Gasteiger partial charge is 0.228 e. The number of benzene rings is 1. The van der Waals surface area contributed by atoms with Crippen LogP contribution in [0.4, 0.5) is 14.5 Å². The minimum Gasteiger partial charge on any atom is -0.379 e. The van der Waals surface area contributed by atoms with Crippen LogP contribution in [0.15, 0.2) is 47.4 Å². The standard InChI is InChI=1S/C30H41F2N5O.C2H6.2H2/c1-7-37(6)18-28(19(2)3)33-16-20(4)35-21(5)25-15-24(11-12-26(25)31)36-29(38)14-22-13-27(32)30(34-17-22)23-9-8-10-23;1-2;;/h11-13,15-21,23,35H,7-10,14H2,1-6H3,(H,36,38);1-2H3;2*1H/b28-18+,33-16?;;;/t20?,21-;;;/m0.../s1. The van der Waals surface area contributed by atoms with Crippen LogP contribution in [-0.2, 0) is 11.2 Å². The van der Waals surface area contributed by atoms with Crippen LogP contribution in [-0.4, -0.2) is 41.6 Å². The molecule has 0 radical (unpaired) electrons. The molecule has 224 valence electrons. The van der Waals surface area contributed by atoms with Crippen molar-refractivity contribution in [3.05, 3.63) is 70.8 Å². The minimum absolute atomic E-state index is 0. The Morgan fingerprint density at radius 2 is 1.88 bits per heavy atom. The second-order valence-corrected chi connectivity index (χ2v) is 10.5. The molecule has 3 rings (SSSR count). The summed E-state index contributed by atoms with van der Waals surface area (Å²) < 4.78 is 29.1. The Morgan fingerprint density at radius 1 is 1.18 bits per heavy atom. The zero-order valence-corrected chi connectivity index (χ0v) is 25.4. The van der Waals surface area contributed by atoms with Gasteiger partial charge in [-0.3, -0.25) is 14.8 Å². The highest BCUT2D eigenvalue weighted by molar-refractivity contribution is 5.92. The summed E-state index contributed by atoms with van der Waals surface area (Å²) in [6.45, 7) is 15.0. The van der Waals surface area contributed by atoms with Crippen LogP contribution < -0.4 is 10.6 Å². The van der Waals surface area contributed by atoms with Crippen molar-refractivity contribution >= 4 is 17.8 Å². The molecule has 2 aromatic rings. The highest BCUT2D eigenvalue weighted by Crippen LogP contribution is 2.36. The molecule has 0 saturated heterocycles. The molecule has 1 aromatic heterocycles. The third-order valence-electron chi connectivity index (χ3n) is 6.93. The van der Waals surface area contributed by atoms with E-state index in [1.165, 1.54) is 18.2 Å². The van der Waals surface area contributed by atoms with Crippen LogP contribution in [0, 0.1) is 17.6 Å². The number of halogens is 2. The number of pyridine rings is 1. The van der Waals surface area contributed by atoms with Crippen LogP contribution in [0.5, 0.6) is 0 Å². The van der Waals surface area contributed by atoms with E-state index < -0.39 is 0 Å². The summed E-state index contributed by atoms with van der Waals surface area (Å²) >= 11 is 0. The van der Waals surface area contributed by atoms with Gasteiger partial charge in [0.25, 0.3) is 0 Å². The number of allylic oxidation sites excluding steroid dienone is 1. The van der Waals surface area contributed by atoms with Gasteiger partial charge in [0, 0.05) is 64.3 Å². The maximum atomic E-state index is 14.7. The zero-order chi connectivity index (χ0) is 29.8. The molecule has 40 heavy (non-hydrogen) atoms. The maximum absolute atomic E-state index is 14.7. The summed E-state index contributed by atoms with van der Waals surface area (Å²) in [5.74, 6) is -0.564. The largest absolute Gasteiger partial charge is 0.379 e. The third-order valence-corrected chi connectivity index (χ3v) is 6.93. The summed E-state index contributed by atoms with van der Waals surface area (Å²) in [7, 11) is 2.01. The third kappa shape index (κ3) is 9.81. The molecule has 0 bridgehead atoms. The van der Waals surface area contributed by atoms with Crippen molar-refractivity contribution in [3.63, 3.8) is 0 Å². The van der Waals surface area contributed by atoms with Crippen molar-refractivity contribution in [3.8, 4) is 0 Å². The van der Waals surface area contributed by atoms with Crippen LogP contribution in [0.25, 0.3) is 0 Å². The van der Waals surface area contributed by atoms with E-state index in [9.17, 15) is 13.6 Å². The van der Waals surface area contributed by atoms with Crippen molar-refractivity contribution in [2.75, 3.05) is 18.9 Å². The average Bonchev–Trinajstić information content (AvgIpc) is 2.88. The van der Waals surface area contributed by atoms with Gasteiger partial charge in [-0.1, -0.05) is 34.1 Å². The van der Waals surface area contributed by atoms with E-state index in [0.29, 0.717) is 22.5 Å². The van der Waals surface area contributed by atoms with E-state index in [2.05, 4.69) is 46.3 Å². The molecule has 1 saturated carbocycles. The van der Waals surface area contributed by atoms with E-state index in [1.54, 1.807) is 12.3 Å². The summed E-state index contributed by atoms with van der Waals surface area (Å²) in [5, 5.41) is 6.16. The number of anilines is 1. The van der Waals surface area contributed by atoms with E-state index in [4.69, 9.17) is 0 Å². The van der Waals surface area contributed by atoms with Crippen molar-refractivity contribution in [2.45, 2.75) is 92.2 Å². The van der Waals surface area contributed by atoms with Crippen molar-refractivity contribution < 1.29 is 16.4 Å². The lowest BCUT2D eigenvalue weighted by Gasteiger charge is -2.25. The second-order valence-electron chi connectivity index (χ2n) is 10.5. The second kappa shape index (κ2) is 16.2. The van der Waals surface area contributed by atoms with Crippen molar-refractivity contribution in [2.24, 2.45) is 10.9 Å². The van der Waals surface area contributed by atoms with Crippen LogP contribution >= 0.6 is 0 Å². The first kappa shape index (κ1) is 33.1. The average molecular weight is 560 g/mol. The first-order valence-electron chi connectivity index (χ1n) is 14.5. The number of carbonyl (C=O) groups excluding carboxylic acids is 1. The zero-order valence-electron chi connectivity index (χ0n) is 25.4. The van der Waals surface area contributed by atoms with Gasteiger partial charge >= 0.3 is 0 Å². The lowest BCUT2D eigenvalue weighted by molar-refractivity contribution is -0.115. The van der Waals surface area contributed by atoms with Crippen molar-refractivity contribution in [1.29, 1.82) is 0 Å². The predicted octanol–water partition coefficient (Wildman–Crippen LogP) is 7.89. The predicted molar refractivity (Wildman–Crippen MR) is 166 cm³/mol. The SMILES string of the molecule is CC.CCN(C)/C=C(/N=CC(C)N[C@@H](C)c1cc(NC(=O)Cc2cnc(C3CCC3)c(F)c2)ccc1F)C(C)C.[HH].[HH]. The highest BCUT2D eigenvalue weighted by Gasteiger charge is 2.24. The monoisotopic (exact) mass is 559 g/mol. The molecule has 0 spiro atoms. The van der Waals surface area contributed by atoms with Gasteiger partial charge in [-0.05, 0) is 69.4 Å². The molecule has 2 N–H and O–H groups in total. The lowest BCUT2D eigenvalue weighted by Crippen LogP contribution is -2.30. The number of aliphatic imine (C=N–C) groups is 1. The Morgan fingerprint density at radius 3 is 2.45 bits per heavy atom. The van der Waals surface area contributed by atoms with Crippen LogP contribution in [0.1, 0.15) is 99.4 Å². The number of rotatable bonds is 12. The number of aromatic nitrogens is 1. The van der Waals surface area contributed by atoms with Crippen LogP contribution in [0.2, 0.25) is 0 Å². The Labute approximate surface area is 242 Å². The minimum atomic E-state index is -0.364. The van der Waals surface area contributed by atoms with Gasteiger partial charge < -0.3 is 15.5 Å². The molecule has 8 heteroatoms. The fourth-order valence-electron chi connectivity index (χ4n) is 4.28. The topological polar surface area (TPSA) is 69.6 Å². The van der Waals surface area contributed by atoms with Gasteiger partial charge in [0.2, 0.25) is 5.91 Å². The van der Waals surface area contributed by atoms with E-state index in [1.807, 2.05) is 47.2 Å². The van der Waals surface area contributed by atoms with Crippen molar-refractivity contribution in [1.82, 2.24) is 15.2 Å². The number of nitrogens with zero attached hydrogens (tertiary/aromatic N) is 3. The normalized spacial score (nSPS) is 15.3. The number of amides is 1. The molecule has 1 aliphatic carbocycles. The Bertz CT molecular complexity index is 1170. The summed E-state index contributed by atoms with van der Waals surface area (Å²) in [4.78, 5) is 23.6. The van der Waals surface area contributed by atoms with E-state index >= 15 is 0 Å². The van der Waals surface area contributed by atoms with Gasteiger partial charge in [0.1, 0.15) is 11.6 Å². The Kier molecular flexibility index (Phi) is 13.4. The molecule has 0 aliphatic heterocycles. The Balaban J connectivity index is 0.00000411. The summed E-state index contributed by atoms with van der Waals surface area (Å²) in [6.07, 6.45) is 8.45. The summed E-state index contributed by atoms with van der Waals surface area (Å²) in [5.41, 5.74) is 2.89. The molecule has 1 heterocycles.